The van der Waals surface area contributed by atoms with E-state index in [9.17, 15) is 14.7 Å². The quantitative estimate of drug-likeness (QED) is 0.874. The number of halogens is 1. The molecule has 6 heteroatoms. The van der Waals surface area contributed by atoms with E-state index in [4.69, 9.17) is 16.3 Å². The monoisotopic (exact) mass is 367 g/mol. The summed E-state index contributed by atoms with van der Waals surface area (Å²) in [6.45, 7) is 6.67. The second-order valence-electron chi connectivity index (χ2n) is 7.54. The van der Waals surface area contributed by atoms with E-state index in [1.165, 1.54) is 0 Å². The van der Waals surface area contributed by atoms with Crippen molar-refractivity contribution < 1.29 is 19.4 Å². The summed E-state index contributed by atoms with van der Waals surface area (Å²) in [6, 6.07) is 6.64. The molecule has 1 fully saturated rings. The van der Waals surface area contributed by atoms with Crippen LogP contribution < -0.4 is 0 Å². The van der Waals surface area contributed by atoms with Gasteiger partial charge in [0.05, 0.1) is 0 Å². The van der Waals surface area contributed by atoms with E-state index in [0.29, 0.717) is 30.1 Å². The summed E-state index contributed by atoms with van der Waals surface area (Å²) in [4.78, 5) is 26.0. The summed E-state index contributed by atoms with van der Waals surface area (Å²) >= 11 is 5.82. The van der Waals surface area contributed by atoms with Crippen LogP contribution in [0.5, 0.6) is 0 Å². The van der Waals surface area contributed by atoms with Gasteiger partial charge >= 0.3 is 6.09 Å². The van der Waals surface area contributed by atoms with E-state index in [-0.39, 0.29) is 17.8 Å². The van der Waals surface area contributed by atoms with Crippen molar-refractivity contribution in [2.24, 2.45) is 5.92 Å². The van der Waals surface area contributed by atoms with Crippen LogP contribution in [0.4, 0.5) is 4.79 Å². The Morgan fingerprint density at radius 2 is 1.80 bits per heavy atom. The van der Waals surface area contributed by atoms with Crippen LogP contribution in [0.1, 0.15) is 51.7 Å². The summed E-state index contributed by atoms with van der Waals surface area (Å²) in [5, 5.41) is 10.8. The van der Waals surface area contributed by atoms with Gasteiger partial charge in [-0.3, -0.25) is 4.79 Å². The summed E-state index contributed by atoms with van der Waals surface area (Å²) in [7, 11) is 0. The molecular formula is C19H26ClNO4. The number of benzene rings is 1. The van der Waals surface area contributed by atoms with Crippen LogP contribution >= 0.6 is 11.6 Å². The number of hydrogen-bond donors (Lipinski definition) is 1. The Morgan fingerprint density at radius 1 is 1.24 bits per heavy atom. The minimum Gasteiger partial charge on any atom is -0.444 e. The van der Waals surface area contributed by atoms with Crippen molar-refractivity contribution >= 4 is 23.5 Å². The maximum Gasteiger partial charge on any atom is 0.410 e. The molecule has 1 unspecified atom stereocenters. The zero-order valence-electron chi connectivity index (χ0n) is 15.0. The van der Waals surface area contributed by atoms with Gasteiger partial charge in [0, 0.05) is 24.5 Å². The third kappa shape index (κ3) is 6.01. The first kappa shape index (κ1) is 19.7. The lowest BCUT2D eigenvalue weighted by Crippen LogP contribution is -2.42. The number of rotatable bonds is 4. The molecule has 1 amide bonds. The Bertz CT molecular complexity index is 601. The van der Waals surface area contributed by atoms with E-state index in [1.54, 1.807) is 29.2 Å². The number of ketones is 1. The SMILES string of the molecule is CC(C)(C)OC(=O)N1CCC(CC(=O)C(O)c2ccc(Cl)cc2)CC1. The zero-order valence-corrected chi connectivity index (χ0v) is 15.8. The summed E-state index contributed by atoms with van der Waals surface area (Å²) < 4.78 is 5.37. The smallest absolute Gasteiger partial charge is 0.410 e. The molecular weight excluding hydrogens is 342 g/mol. The average molecular weight is 368 g/mol. The minimum absolute atomic E-state index is 0.174. The number of nitrogens with zero attached hydrogens (tertiary/aromatic N) is 1. The fourth-order valence-corrected chi connectivity index (χ4v) is 3.00. The van der Waals surface area contributed by atoms with E-state index in [1.807, 2.05) is 20.8 Å². The van der Waals surface area contributed by atoms with E-state index in [0.717, 1.165) is 12.8 Å². The van der Waals surface area contributed by atoms with Crippen LogP contribution in [0.15, 0.2) is 24.3 Å². The molecule has 0 bridgehead atoms. The van der Waals surface area contributed by atoms with Crippen LogP contribution in [-0.4, -0.2) is 40.6 Å². The maximum absolute atomic E-state index is 12.3. The van der Waals surface area contributed by atoms with Crippen LogP contribution in [0, 0.1) is 5.92 Å². The fourth-order valence-electron chi connectivity index (χ4n) is 2.87. The Balaban J connectivity index is 1.82. The molecule has 1 aromatic rings. The molecule has 0 aromatic heterocycles. The van der Waals surface area contributed by atoms with Crippen LogP contribution in [0.25, 0.3) is 0 Å². The molecule has 0 aliphatic carbocycles. The predicted octanol–water partition coefficient (Wildman–Crippen LogP) is 3.98. The number of amides is 1. The number of carbonyl (C=O) groups excluding carboxylic acids is 2. The lowest BCUT2D eigenvalue weighted by molar-refractivity contribution is -0.128. The Kier molecular flexibility index (Phi) is 6.47. The molecule has 1 N–H and O–H groups in total. The molecule has 25 heavy (non-hydrogen) atoms. The number of hydrogen-bond acceptors (Lipinski definition) is 4. The zero-order chi connectivity index (χ0) is 18.6. The van der Waals surface area contributed by atoms with Gasteiger partial charge in [-0.15, -0.1) is 0 Å². The topological polar surface area (TPSA) is 66.8 Å². The van der Waals surface area contributed by atoms with Gasteiger partial charge in [-0.2, -0.15) is 0 Å². The highest BCUT2D eigenvalue weighted by molar-refractivity contribution is 6.30. The maximum atomic E-state index is 12.3. The third-order valence-electron chi connectivity index (χ3n) is 4.25. The number of piperidine rings is 1. The molecule has 1 aliphatic rings. The molecule has 5 nitrogen and oxygen atoms in total. The van der Waals surface area contributed by atoms with Gasteiger partial charge in [-0.05, 0) is 57.2 Å². The van der Waals surface area contributed by atoms with Crippen LogP contribution in [-0.2, 0) is 9.53 Å². The van der Waals surface area contributed by atoms with Crippen molar-refractivity contribution in [2.75, 3.05) is 13.1 Å². The molecule has 2 rings (SSSR count). The van der Waals surface area contributed by atoms with Crippen molar-refractivity contribution in [2.45, 2.75) is 51.7 Å². The van der Waals surface area contributed by atoms with Gasteiger partial charge in [-0.25, -0.2) is 4.79 Å². The Labute approximate surface area is 153 Å². The number of aliphatic hydroxyl groups is 1. The number of ether oxygens (including phenoxy) is 1. The van der Waals surface area contributed by atoms with Gasteiger partial charge < -0.3 is 14.7 Å². The Hall–Kier alpha value is -1.59. The van der Waals surface area contributed by atoms with E-state index in [2.05, 4.69) is 0 Å². The fraction of sp³-hybridized carbons (Fsp3) is 0.579. The van der Waals surface area contributed by atoms with Gasteiger partial charge in [0.1, 0.15) is 11.7 Å². The van der Waals surface area contributed by atoms with Crippen LogP contribution in [0.3, 0.4) is 0 Å². The lowest BCUT2D eigenvalue weighted by Gasteiger charge is -2.33. The van der Waals surface area contributed by atoms with Gasteiger partial charge in [0.2, 0.25) is 0 Å². The number of aliphatic hydroxyl groups excluding tert-OH is 1. The molecule has 0 spiro atoms. The second kappa shape index (κ2) is 8.19. The average Bonchev–Trinajstić information content (AvgIpc) is 2.54. The molecule has 1 aliphatic heterocycles. The standard InChI is InChI=1S/C19H26ClNO4/c1-19(2,3)25-18(24)21-10-8-13(9-11-21)12-16(22)17(23)14-4-6-15(20)7-5-14/h4-7,13,17,23H,8-12H2,1-3H3. The number of Topliss-reactive ketones (excluding diaryl/α,β-unsaturated/α-hetero) is 1. The van der Waals surface area contributed by atoms with Gasteiger partial charge in [0.15, 0.2) is 5.78 Å². The molecule has 0 saturated carbocycles. The van der Waals surface area contributed by atoms with E-state index >= 15 is 0 Å². The molecule has 1 aromatic carbocycles. The summed E-state index contributed by atoms with van der Waals surface area (Å²) in [5.74, 6) is -0.0221. The first-order valence-electron chi connectivity index (χ1n) is 8.60. The van der Waals surface area contributed by atoms with E-state index < -0.39 is 11.7 Å². The largest absolute Gasteiger partial charge is 0.444 e. The van der Waals surface area contributed by atoms with Crippen molar-refractivity contribution in [1.29, 1.82) is 0 Å². The number of carbonyl (C=O) groups is 2. The summed E-state index contributed by atoms with van der Waals surface area (Å²) in [6.07, 6.45) is 0.349. The molecule has 1 heterocycles. The predicted molar refractivity (Wildman–Crippen MR) is 96.6 cm³/mol. The normalized spacial score (nSPS) is 17.2. The minimum atomic E-state index is -1.12. The van der Waals surface area contributed by atoms with Crippen molar-refractivity contribution in [1.82, 2.24) is 4.90 Å². The molecule has 138 valence electrons. The molecule has 1 atom stereocenters. The first-order valence-corrected chi connectivity index (χ1v) is 8.97. The second-order valence-corrected chi connectivity index (χ2v) is 7.97. The Morgan fingerprint density at radius 3 is 2.32 bits per heavy atom. The first-order chi connectivity index (χ1) is 11.7. The molecule has 1 saturated heterocycles. The van der Waals surface area contributed by atoms with Crippen molar-refractivity contribution in [3.05, 3.63) is 34.9 Å². The van der Waals surface area contributed by atoms with Gasteiger partial charge in [0.25, 0.3) is 0 Å². The molecule has 0 radical (unpaired) electrons. The summed E-state index contributed by atoms with van der Waals surface area (Å²) in [5.41, 5.74) is 0.0487. The van der Waals surface area contributed by atoms with Crippen molar-refractivity contribution in [3.8, 4) is 0 Å². The highest BCUT2D eigenvalue weighted by Crippen LogP contribution is 2.26. The lowest BCUT2D eigenvalue weighted by atomic mass is 9.89. The highest BCUT2D eigenvalue weighted by Gasteiger charge is 2.29. The van der Waals surface area contributed by atoms with Gasteiger partial charge in [-0.1, -0.05) is 23.7 Å². The van der Waals surface area contributed by atoms with Crippen LogP contribution in [0.2, 0.25) is 5.02 Å². The number of likely N-dealkylation sites (tertiary alicyclic amines) is 1. The third-order valence-corrected chi connectivity index (χ3v) is 4.50. The van der Waals surface area contributed by atoms with Crippen molar-refractivity contribution in [3.63, 3.8) is 0 Å². The highest BCUT2D eigenvalue weighted by atomic mass is 35.5.